The molecule has 5 rings (SSSR count). The fraction of sp³-hybridized carbons (Fsp3) is 0.286. The highest BCUT2D eigenvalue weighted by atomic mass is 16.7. The van der Waals surface area contributed by atoms with Crippen LogP contribution in [0.15, 0.2) is 66.7 Å². The Morgan fingerprint density at radius 2 is 1.82 bits per heavy atom. The number of hydrogen-bond donors (Lipinski definition) is 1. The van der Waals surface area contributed by atoms with E-state index in [0.29, 0.717) is 26.0 Å². The Balaban J connectivity index is 1.38. The number of benzene rings is 3. The van der Waals surface area contributed by atoms with Gasteiger partial charge in [0.2, 0.25) is 5.88 Å². The minimum Gasteiger partial charge on any atom is -0.493 e. The van der Waals surface area contributed by atoms with Gasteiger partial charge in [-0.05, 0) is 42.3 Å². The van der Waals surface area contributed by atoms with Crippen LogP contribution in [0.1, 0.15) is 43.6 Å². The van der Waals surface area contributed by atoms with Crippen molar-refractivity contribution in [2.24, 2.45) is 0 Å². The number of hydrogen-bond acceptors (Lipinski definition) is 4. The maximum Gasteiger partial charge on any atom is 0.512 e. The highest BCUT2D eigenvalue weighted by Crippen LogP contribution is 2.37. The van der Waals surface area contributed by atoms with Gasteiger partial charge in [-0.1, -0.05) is 55.0 Å². The Labute approximate surface area is 197 Å². The summed E-state index contributed by atoms with van der Waals surface area (Å²) in [5.74, 6) is 1.22. The first-order chi connectivity index (χ1) is 16.6. The normalized spacial score (nSPS) is 16.1. The molecule has 1 fully saturated rings. The van der Waals surface area contributed by atoms with Crippen molar-refractivity contribution in [1.82, 2.24) is 4.57 Å². The summed E-state index contributed by atoms with van der Waals surface area (Å²) in [5, 5.41) is 12.4. The van der Waals surface area contributed by atoms with E-state index in [1.807, 2.05) is 53.1 Å². The SMILES string of the molecule is O=C(O)Oc1cc2c(C3CCCCC3=O)cccc2n1CCCOc1cccc2ccccc12. The van der Waals surface area contributed by atoms with Crippen LogP contribution in [-0.2, 0) is 11.3 Å². The summed E-state index contributed by atoms with van der Waals surface area (Å²) in [7, 11) is 0. The first-order valence-corrected chi connectivity index (χ1v) is 11.8. The zero-order chi connectivity index (χ0) is 23.5. The van der Waals surface area contributed by atoms with Gasteiger partial charge in [0.1, 0.15) is 11.5 Å². The number of carbonyl (C=O) groups is 2. The second-order valence-corrected chi connectivity index (χ2v) is 8.73. The molecule has 0 bridgehead atoms. The third-order valence-electron chi connectivity index (χ3n) is 6.60. The van der Waals surface area contributed by atoms with Crippen LogP contribution in [0, 0.1) is 0 Å². The molecule has 1 heterocycles. The van der Waals surface area contributed by atoms with Crippen molar-refractivity contribution >= 4 is 33.6 Å². The van der Waals surface area contributed by atoms with Crippen molar-refractivity contribution in [3.05, 3.63) is 72.3 Å². The lowest BCUT2D eigenvalue weighted by molar-refractivity contribution is -0.121. The Hall–Kier alpha value is -3.80. The lowest BCUT2D eigenvalue weighted by Gasteiger charge is -2.21. The number of ether oxygens (including phenoxy) is 2. The largest absolute Gasteiger partial charge is 0.512 e. The average Bonchev–Trinajstić information content (AvgIpc) is 3.18. The molecule has 1 aliphatic carbocycles. The molecule has 34 heavy (non-hydrogen) atoms. The van der Waals surface area contributed by atoms with Gasteiger partial charge in [-0.25, -0.2) is 4.79 Å². The predicted molar refractivity (Wildman–Crippen MR) is 131 cm³/mol. The predicted octanol–water partition coefficient (Wildman–Crippen LogP) is 6.55. The van der Waals surface area contributed by atoms with E-state index in [1.54, 1.807) is 6.07 Å². The third-order valence-corrected chi connectivity index (χ3v) is 6.60. The average molecular weight is 458 g/mol. The number of carboxylic acid groups (broad SMARTS) is 1. The molecule has 0 amide bonds. The minimum absolute atomic E-state index is 0.138. The van der Waals surface area contributed by atoms with Crippen molar-refractivity contribution < 1.29 is 24.2 Å². The van der Waals surface area contributed by atoms with E-state index in [-0.39, 0.29) is 17.6 Å². The molecule has 0 aliphatic heterocycles. The monoisotopic (exact) mass is 457 g/mol. The molecule has 0 saturated heterocycles. The lowest BCUT2D eigenvalue weighted by Crippen LogP contribution is -2.17. The molecule has 1 atom stereocenters. The second-order valence-electron chi connectivity index (χ2n) is 8.73. The number of ketones is 1. The number of carbonyl (C=O) groups excluding carboxylic acids is 1. The molecule has 1 aliphatic rings. The molecule has 6 nitrogen and oxygen atoms in total. The quantitative estimate of drug-likeness (QED) is 0.252. The van der Waals surface area contributed by atoms with E-state index >= 15 is 0 Å². The number of rotatable bonds is 7. The smallest absolute Gasteiger partial charge is 0.493 e. The second kappa shape index (κ2) is 9.59. The Bertz CT molecular complexity index is 1350. The highest BCUT2D eigenvalue weighted by Gasteiger charge is 2.27. The van der Waals surface area contributed by atoms with Gasteiger partial charge in [0.15, 0.2) is 0 Å². The van der Waals surface area contributed by atoms with Crippen molar-refractivity contribution in [3.63, 3.8) is 0 Å². The Morgan fingerprint density at radius 3 is 2.68 bits per heavy atom. The molecule has 1 aromatic heterocycles. The molecular weight excluding hydrogens is 430 g/mol. The summed E-state index contributed by atoms with van der Waals surface area (Å²) >= 11 is 0. The van der Waals surface area contributed by atoms with Crippen molar-refractivity contribution in [2.75, 3.05) is 6.61 Å². The van der Waals surface area contributed by atoms with E-state index in [1.165, 1.54) is 0 Å². The minimum atomic E-state index is -1.36. The summed E-state index contributed by atoms with van der Waals surface area (Å²) in [4.78, 5) is 24.0. The molecule has 1 N–H and O–H groups in total. The first-order valence-electron chi connectivity index (χ1n) is 11.8. The van der Waals surface area contributed by atoms with Gasteiger partial charge in [0, 0.05) is 35.7 Å². The van der Waals surface area contributed by atoms with Crippen LogP contribution >= 0.6 is 0 Å². The fourth-order valence-corrected chi connectivity index (χ4v) is 5.03. The molecule has 174 valence electrons. The van der Waals surface area contributed by atoms with E-state index in [2.05, 4.69) is 12.1 Å². The van der Waals surface area contributed by atoms with Gasteiger partial charge < -0.3 is 19.1 Å². The topological polar surface area (TPSA) is 77.8 Å². The number of Topliss-reactive ketones (excluding diaryl/α,β-unsaturated/α-hetero) is 1. The number of fused-ring (bicyclic) bond motifs is 2. The van der Waals surface area contributed by atoms with Crippen LogP contribution in [0.5, 0.6) is 11.6 Å². The molecule has 3 aromatic carbocycles. The van der Waals surface area contributed by atoms with Crippen molar-refractivity contribution in [3.8, 4) is 11.6 Å². The van der Waals surface area contributed by atoms with E-state index in [9.17, 15) is 14.7 Å². The number of aryl methyl sites for hydroxylation is 1. The van der Waals surface area contributed by atoms with Gasteiger partial charge in [0.25, 0.3) is 0 Å². The Kier molecular flexibility index (Phi) is 6.21. The maximum atomic E-state index is 12.6. The highest BCUT2D eigenvalue weighted by molar-refractivity contribution is 5.94. The molecule has 1 unspecified atom stereocenters. The van der Waals surface area contributed by atoms with Crippen LogP contribution in [-0.4, -0.2) is 28.2 Å². The van der Waals surface area contributed by atoms with Gasteiger partial charge in [-0.15, -0.1) is 0 Å². The van der Waals surface area contributed by atoms with Crippen molar-refractivity contribution in [2.45, 2.75) is 44.6 Å². The molecule has 6 heteroatoms. The van der Waals surface area contributed by atoms with E-state index in [0.717, 1.165) is 52.3 Å². The van der Waals surface area contributed by atoms with Crippen LogP contribution < -0.4 is 9.47 Å². The van der Waals surface area contributed by atoms with Crippen LogP contribution in [0.25, 0.3) is 21.7 Å². The molecule has 1 saturated carbocycles. The summed E-state index contributed by atoms with van der Waals surface area (Å²) in [6.07, 6.45) is 2.71. The van der Waals surface area contributed by atoms with E-state index < -0.39 is 6.16 Å². The van der Waals surface area contributed by atoms with Gasteiger partial charge >= 0.3 is 6.16 Å². The first kappa shape index (κ1) is 22.0. The zero-order valence-electron chi connectivity index (χ0n) is 18.9. The van der Waals surface area contributed by atoms with Crippen LogP contribution in [0.4, 0.5) is 4.79 Å². The summed E-state index contributed by atoms with van der Waals surface area (Å²) in [5.41, 5.74) is 1.83. The lowest BCUT2D eigenvalue weighted by atomic mass is 9.82. The number of aromatic nitrogens is 1. The van der Waals surface area contributed by atoms with Crippen molar-refractivity contribution in [1.29, 1.82) is 0 Å². The molecule has 0 radical (unpaired) electrons. The summed E-state index contributed by atoms with van der Waals surface area (Å²) < 4.78 is 13.1. The maximum absolute atomic E-state index is 12.6. The van der Waals surface area contributed by atoms with Gasteiger partial charge in [-0.3, -0.25) is 4.79 Å². The van der Waals surface area contributed by atoms with E-state index in [4.69, 9.17) is 9.47 Å². The molecule has 4 aromatic rings. The molecular formula is C28H27NO5. The standard InChI is InChI=1S/C28H27NO5/c30-25-14-4-3-11-22(25)21-12-6-13-24-23(21)18-27(34-28(31)32)29(24)16-7-17-33-26-15-5-9-19-8-1-2-10-20(19)26/h1-2,5-6,8-10,12-13,15,18,22H,3-4,7,11,14,16-17H2,(H,31,32). The fourth-order valence-electron chi connectivity index (χ4n) is 5.03. The third kappa shape index (κ3) is 4.36. The van der Waals surface area contributed by atoms with Crippen LogP contribution in [0.2, 0.25) is 0 Å². The van der Waals surface area contributed by atoms with Gasteiger partial charge in [0.05, 0.1) is 12.1 Å². The summed E-state index contributed by atoms with van der Waals surface area (Å²) in [6, 6.07) is 21.7. The molecule has 0 spiro atoms. The number of nitrogens with zero attached hydrogens (tertiary/aromatic N) is 1. The Morgan fingerprint density at radius 1 is 1.00 bits per heavy atom. The van der Waals surface area contributed by atoms with Crippen LogP contribution in [0.3, 0.4) is 0 Å². The van der Waals surface area contributed by atoms with Gasteiger partial charge in [-0.2, -0.15) is 0 Å². The zero-order valence-corrected chi connectivity index (χ0v) is 18.9. The summed E-state index contributed by atoms with van der Waals surface area (Å²) in [6.45, 7) is 1.000.